The summed E-state index contributed by atoms with van der Waals surface area (Å²) in [5.74, 6) is -0.738. The molecule has 0 fully saturated rings. The first-order chi connectivity index (χ1) is 15.5. The monoisotopic (exact) mass is 427 g/mol. The molecule has 0 spiro atoms. The number of ketones is 1. The summed E-state index contributed by atoms with van der Waals surface area (Å²) >= 11 is 0. The fourth-order valence-corrected chi connectivity index (χ4v) is 3.54. The van der Waals surface area contributed by atoms with Crippen molar-refractivity contribution in [2.24, 2.45) is 7.05 Å². The first-order valence-electron chi connectivity index (χ1n) is 10.2. The predicted molar refractivity (Wildman–Crippen MR) is 120 cm³/mol. The van der Waals surface area contributed by atoms with Gasteiger partial charge in [-0.2, -0.15) is 0 Å². The molecule has 4 aromatic rings. The maximum absolute atomic E-state index is 13.7. The molecule has 1 aromatic carbocycles. The third-order valence-corrected chi connectivity index (χ3v) is 5.37. The lowest BCUT2D eigenvalue weighted by molar-refractivity contribution is 0.0990. The molecule has 0 saturated carbocycles. The number of aromatic nitrogens is 5. The summed E-state index contributed by atoms with van der Waals surface area (Å²) < 4.78 is 15.7. The Morgan fingerprint density at radius 2 is 1.81 bits per heavy atom. The van der Waals surface area contributed by atoms with Crippen molar-refractivity contribution >= 4 is 11.4 Å². The standard InChI is InChI=1S/C25H22FN5O/c1-4-20(17-5-7-18(8-6-17)24-14-28-15-31(24)3)23-13-29-19(10-30-23)9-25(32)21-11-27-12-22(26)16(21)2/h4-8,10-15H,9H2,1-3H3/b20-4-. The topological polar surface area (TPSA) is 73.6 Å². The van der Waals surface area contributed by atoms with Crippen LogP contribution in [0.3, 0.4) is 0 Å². The Morgan fingerprint density at radius 3 is 2.44 bits per heavy atom. The zero-order valence-electron chi connectivity index (χ0n) is 18.1. The maximum atomic E-state index is 13.7. The second-order valence-corrected chi connectivity index (χ2v) is 7.46. The molecule has 32 heavy (non-hydrogen) atoms. The summed E-state index contributed by atoms with van der Waals surface area (Å²) in [5, 5.41) is 0. The second-order valence-electron chi connectivity index (χ2n) is 7.46. The molecule has 0 radical (unpaired) electrons. The van der Waals surface area contributed by atoms with Crippen LogP contribution in [0.15, 0.2) is 67.7 Å². The molecule has 0 saturated heterocycles. The van der Waals surface area contributed by atoms with Gasteiger partial charge in [0.25, 0.3) is 0 Å². The number of nitrogens with zero attached hydrogens (tertiary/aromatic N) is 5. The van der Waals surface area contributed by atoms with E-state index in [2.05, 4.69) is 19.9 Å². The number of aryl methyl sites for hydroxylation is 1. The Bertz CT molecular complexity index is 1290. The van der Waals surface area contributed by atoms with Gasteiger partial charge >= 0.3 is 0 Å². The van der Waals surface area contributed by atoms with Crippen LogP contribution < -0.4 is 0 Å². The molecule has 7 heteroatoms. The molecule has 0 atom stereocenters. The molecule has 3 heterocycles. The van der Waals surface area contributed by atoms with E-state index in [-0.39, 0.29) is 17.8 Å². The molecule has 0 amide bonds. The average molecular weight is 427 g/mol. The van der Waals surface area contributed by atoms with Gasteiger partial charge in [-0.1, -0.05) is 30.3 Å². The fourth-order valence-electron chi connectivity index (χ4n) is 3.54. The Kier molecular flexibility index (Phi) is 5.98. The SMILES string of the molecule is C/C=C(/c1ccc(-c2cncn2C)cc1)c1cnc(CC(=O)c2cncc(F)c2C)cn1. The highest BCUT2D eigenvalue weighted by Gasteiger charge is 2.15. The number of hydrogen-bond donors (Lipinski definition) is 0. The van der Waals surface area contributed by atoms with Gasteiger partial charge in [0.2, 0.25) is 0 Å². The molecule has 0 N–H and O–H groups in total. The largest absolute Gasteiger partial charge is 0.334 e. The van der Waals surface area contributed by atoms with E-state index >= 15 is 0 Å². The zero-order chi connectivity index (χ0) is 22.7. The van der Waals surface area contributed by atoms with E-state index < -0.39 is 5.82 Å². The maximum Gasteiger partial charge on any atom is 0.170 e. The molecule has 0 bridgehead atoms. The smallest absolute Gasteiger partial charge is 0.170 e. The van der Waals surface area contributed by atoms with Crippen molar-refractivity contribution in [2.45, 2.75) is 20.3 Å². The van der Waals surface area contributed by atoms with Gasteiger partial charge in [0.15, 0.2) is 5.78 Å². The number of imidazole rings is 1. The van der Waals surface area contributed by atoms with Gasteiger partial charge in [-0.25, -0.2) is 9.37 Å². The Balaban J connectivity index is 1.52. The minimum atomic E-state index is -0.496. The number of carbonyl (C=O) groups excluding carboxylic acids is 1. The minimum Gasteiger partial charge on any atom is -0.334 e. The number of halogens is 1. The third kappa shape index (κ3) is 4.23. The van der Waals surface area contributed by atoms with E-state index in [0.717, 1.165) is 28.6 Å². The van der Waals surface area contributed by atoms with Gasteiger partial charge in [-0.3, -0.25) is 19.7 Å². The Labute approximate surface area is 185 Å². The lowest BCUT2D eigenvalue weighted by atomic mass is 10.0. The summed E-state index contributed by atoms with van der Waals surface area (Å²) in [5.41, 5.74) is 5.85. The number of pyridine rings is 1. The molecule has 0 aliphatic carbocycles. The highest BCUT2D eigenvalue weighted by atomic mass is 19.1. The van der Waals surface area contributed by atoms with E-state index in [1.54, 1.807) is 25.6 Å². The van der Waals surface area contributed by atoms with E-state index in [4.69, 9.17) is 0 Å². The number of hydrogen-bond acceptors (Lipinski definition) is 5. The molecule has 6 nitrogen and oxygen atoms in total. The molecule has 0 aliphatic heterocycles. The quantitative estimate of drug-likeness (QED) is 0.421. The summed E-state index contributed by atoms with van der Waals surface area (Å²) in [6.07, 6.45) is 11.3. The zero-order valence-corrected chi connectivity index (χ0v) is 18.1. The van der Waals surface area contributed by atoms with E-state index in [1.165, 1.54) is 6.20 Å². The van der Waals surface area contributed by atoms with Crippen molar-refractivity contribution < 1.29 is 9.18 Å². The van der Waals surface area contributed by atoms with Crippen LogP contribution in [-0.2, 0) is 13.5 Å². The van der Waals surface area contributed by atoms with Crippen LogP contribution in [0.1, 0.15) is 39.8 Å². The minimum absolute atomic E-state index is 0.0316. The van der Waals surface area contributed by atoms with E-state index in [9.17, 15) is 9.18 Å². The summed E-state index contributed by atoms with van der Waals surface area (Å²) in [6, 6.07) is 8.17. The van der Waals surface area contributed by atoms with Crippen molar-refractivity contribution in [3.8, 4) is 11.3 Å². The van der Waals surface area contributed by atoms with Crippen LogP contribution in [0.5, 0.6) is 0 Å². The number of allylic oxidation sites excluding steroid dienone is 1. The van der Waals surface area contributed by atoms with Crippen LogP contribution >= 0.6 is 0 Å². The van der Waals surface area contributed by atoms with Crippen LogP contribution in [-0.4, -0.2) is 30.3 Å². The van der Waals surface area contributed by atoms with Crippen molar-refractivity contribution in [1.82, 2.24) is 24.5 Å². The van der Waals surface area contributed by atoms with Gasteiger partial charge in [-0.05, 0) is 30.5 Å². The molecule has 160 valence electrons. The second kappa shape index (κ2) is 9.01. The van der Waals surface area contributed by atoms with Gasteiger partial charge in [-0.15, -0.1) is 0 Å². The number of carbonyl (C=O) groups is 1. The van der Waals surface area contributed by atoms with Crippen LogP contribution in [0.25, 0.3) is 16.8 Å². The van der Waals surface area contributed by atoms with Crippen LogP contribution in [0.4, 0.5) is 4.39 Å². The third-order valence-electron chi connectivity index (χ3n) is 5.37. The molecule has 3 aromatic heterocycles. The lowest BCUT2D eigenvalue weighted by Gasteiger charge is -2.09. The average Bonchev–Trinajstić information content (AvgIpc) is 3.23. The Morgan fingerprint density at radius 1 is 1.03 bits per heavy atom. The van der Waals surface area contributed by atoms with Crippen molar-refractivity contribution in [3.05, 3.63) is 102 Å². The molecular weight excluding hydrogens is 405 g/mol. The Hall–Kier alpha value is -4.00. The number of Topliss-reactive ketones (excluding diaryl/α,β-unsaturated/α-hetero) is 1. The van der Waals surface area contributed by atoms with Crippen molar-refractivity contribution in [2.75, 3.05) is 0 Å². The molecule has 0 aliphatic rings. The summed E-state index contributed by atoms with van der Waals surface area (Å²) in [7, 11) is 1.96. The van der Waals surface area contributed by atoms with E-state index in [1.807, 2.05) is 55.1 Å². The summed E-state index contributed by atoms with van der Waals surface area (Å²) in [4.78, 5) is 29.4. The van der Waals surface area contributed by atoms with Gasteiger partial charge in [0, 0.05) is 30.6 Å². The number of benzene rings is 1. The van der Waals surface area contributed by atoms with Crippen LogP contribution in [0, 0.1) is 12.7 Å². The van der Waals surface area contributed by atoms with Crippen molar-refractivity contribution in [1.29, 1.82) is 0 Å². The molecular formula is C25H22FN5O. The fraction of sp³-hybridized carbons (Fsp3) is 0.160. The van der Waals surface area contributed by atoms with Gasteiger partial charge < -0.3 is 4.57 Å². The molecule has 4 rings (SSSR count). The first-order valence-corrected chi connectivity index (χ1v) is 10.2. The van der Waals surface area contributed by atoms with Gasteiger partial charge in [0.05, 0.1) is 48.4 Å². The first kappa shape index (κ1) is 21.2. The lowest BCUT2D eigenvalue weighted by Crippen LogP contribution is -2.09. The van der Waals surface area contributed by atoms with Crippen LogP contribution in [0.2, 0.25) is 0 Å². The molecule has 0 unspecified atom stereocenters. The van der Waals surface area contributed by atoms with E-state index in [0.29, 0.717) is 17.0 Å². The highest BCUT2D eigenvalue weighted by molar-refractivity contribution is 5.98. The highest BCUT2D eigenvalue weighted by Crippen LogP contribution is 2.25. The summed E-state index contributed by atoms with van der Waals surface area (Å²) in [6.45, 7) is 3.51. The predicted octanol–water partition coefficient (Wildman–Crippen LogP) is 4.60. The normalized spacial score (nSPS) is 11.6. The van der Waals surface area contributed by atoms with Crippen molar-refractivity contribution in [3.63, 3.8) is 0 Å². The number of rotatable bonds is 6. The van der Waals surface area contributed by atoms with Gasteiger partial charge in [0.1, 0.15) is 5.82 Å².